The van der Waals surface area contributed by atoms with E-state index >= 15 is 0 Å². The van der Waals surface area contributed by atoms with E-state index in [2.05, 4.69) is 15.5 Å². The Labute approximate surface area is 144 Å². The Morgan fingerprint density at radius 3 is 2.72 bits per heavy atom. The molecule has 0 saturated heterocycles. The number of amides is 1. The molecule has 0 fully saturated rings. The molecular formula is C17H19N5O3. The molecule has 25 heavy (non-hydrogen) atoms. The minimum absolute atomic E-state index is 0.178. The van der Waals surface area contributed by atoms with Gasteiger partial charge in [-0.1, -0.05) is 18.2 Å². The Morgan fingerprint density at radius 2 is 2.08 bits per heavy atom. The van der Waals surface area contributed by atoms with E-state index in [0.717, 1.165) is 5.69 Å². The van der Waals surface area contributed by atoms with Crippen molar-refractivity contribution in [3.8, 4) is 5.69 Å². The topological polar surface area (TPSA) is 93.9 Å². The molecule has 2 N–H and O–H groups in total. The molecule has 130 valence electrons. The Kier molecular flexibility index (Phi) is 4.80. The van der Waals surface area contributed by atoms with Crippen molar-refractivity contribution in [2.45, 2.75) is 6.04 Å². The van der Waals surface area contributed by atoms with Gasteiger partial charge in [-0.3, -0.25) is 19.4 Å². The molecule has 8 nitrogen and oxygen atoms in total. The van der Waals surface area contributed by atoms with Crippen molar-refractivity contribution in [3.05, 3.63) is 70.4 Å². The van der Waals surface area contributed by atoms with Crippen molar-refractivity contribution in [2.75, 3.05) is 13.7 Å². The van der Waals surface area contributed by atoms with Crippen LogP contribution >= 0.6 is 0 Å². The van der Waals surface area contributed by atoms with Crippen LogP contribution in [0.3, 0.4) is 0 Å². The fourth-order valence-electron chi connectivity index (χ4n) is 2.61. The lowest BCUT2D eigenvalue weighted by atomic mass is 10.2. The lowest BCUT2D eigenvalue weighted by molar-refractivity contribution is 0.0887. The standard InChI is InChI=1S/C17H19N5O3/c1-21-15(8-9-18-21)14(11-25-2)19-17(24)13-10-16(23)22(20-13)12-6-4-3-5-7-12/h3-10,14,20H,11H2,1-2H3,(H,19,24)/t14-/m1/s1. The van der Waals surface area contributed by atoms with E-state index < -0.39 is 5.91 Å². The number of hydrogen-bond acceptors (Lipinski definition) is 4. The number of benzene rings is 1. The Hall–Kier alpha value is -3.13. The van der Waals surface area contributed by atoms with Crippen LogP contribution in [-0.2, 0) is 11.8 Å². The zero-order chi connectivity index (χ0) is 17.8. The fourth-order valence-corrected chi connectivity index (χ4v) is 2.61. The van der Waals surface area contributed by atoms with Crippen LogP contribution in [0.1, 0.15) is 22.2 Å². The van der Waals surface area contributed by atoms with Crippen molar-refractivity contribution in [1.29, 1.82) is 0 Å². The van der Waals surface area contributed by atoms with E-state index in [4.69, 9.17) is 4.74 Å². The van der Waals surface area contributed by atoms with Gasteiger partial charge in [-0.2, -0.15) is 5.10 Å². The van der Waals surface area contributed by atoms with Crippen LogP contribution in [0.2, 0.25) is 0 Å². The first-order chi connectivity index (χ1) is 12.1. The second-order valence-corrected chi connectivity index (χ2v) is 5.54. The molecule has 1 atom stereocenters. The van der Waals surface area contributed by atoms with Gasteiger partial charge in [0.2, 0.25) is 0 Å². The number of carbonyl (C=O) groups excluding carboxylic acids is 1. The normalized spacial score (nSPS) is 12.1. The maximum Gasteiger partial charge on any atom is 0.271 e. The van der Waals surface area contributed by atoms with Crippen LogP contribution in [0.15, 0.2) is 53.5 Å². The molecule has 0 bridgehead atoms. The second-order valence-electron chi connectivity index (χ2n) is 5.54. The van der Waals surface area contributed by atoms with Crippen LogP contribution < -0.4 is 10.9 Å². The van der Waals surface area contributed by atoms with E-state index in [-0.39, 0.29) is 23.9 Å². The van der Waals surface area contributed by atoms with Gasteiger partial charge in [-0.15, -0.1) is 0 Å². The molecule has 0 spiro atoms. The molecular weight excluding hydrogens is 322 g/mol. The van der Waals surface area contributed by atoms with E-state index in [1.165, 1.54) is 10.7 Å². The van der Waals surface area contributed by atoms with Gasteiger partial charge in [0.15, 0.2) is 0 Å². The highest BCUT2D eigenvalue weighted by Crippen LogP contribution is 2.13. The molecule has 1 amide bonds. The number of carbonyl (C=O) groups is 1. The number of methoxy groups -OCH3 is 1. The number of ether oxygens (including phenoxy) is 1. The molecule has 0 saturated carbocycles. The number of nitrogens with one attached hydrogen (secondary N) is 2. The monoisotopic (exact) mass is 341 g/mol. The molecule has 0 radical (unpaired) electrons. The lowest BCUT2D eigenvalue weighted by Gasteiger charge is -2.17. The van der Waals surface area contributed by atoms with E-state index in [0.29, 0.717) is 5.69 Å². The third kappa shape index (κ3) is 3.53. The van der Waals surface area contributed by atoms with Gasteiger partial charge < -0.3 is 10.1 Å². The van der Waals surface area contributed by atoms with Crippen LogP contribution in [0.25, 0.3) is 5.69 Å². The zero-order valence-corrected chi connectivity index (χ0v) is 14.0. The first-order valence-corrected chi connectivity index (χ1v) is 7.75. The molecule has 0 aliphatic heterocycles. The summed E-state index contributed by atoms with van der Waals surface area (Å²) in [5.74, 6) is -0.393. The number of nitrogens with zero attached hydrogens (tertiary/aromatic N) is 3. The summed E-state index contributed by atoms with van der Waals surface area (Å²) in [7, 11) is 3.35. The number of para-hydroxylation sites is 1. The van der Waals surface area contributed by atoms with Crippen molar-refractivity contribution < 1.29 is 9.53 Å². The average Bonchev–Trinajstić information content (AvgIpc) is 3.21. The molecule has 8 heteroatoms. The SMILES string of the molecule is COC[C@@H](NC(=O)c1cc(=O)n(-c2ccccc2)[nH]1)c1ccnn1C. The number of rotatable bonds is 6. The van der Waals surface area contributed by atoms with Gasteiger partial charge in [0.05, 0.1) is 24.0 Å². The smallest absolute Gasteiger partial charge is 0.271 e. The zero-order valence-electron chi connectivity index (χ0n) is 14.0. The quantitative estimate of drug-likeness (QED) is 0.700. The lowest BCUT2D eigenvalue weighted by Crippen LogP contribution is -2.33. The van der Waals surface area contributed by atoms with Crippen molar-refractivity contribution in [1.82, 2.24) is 24.9 Å². The maximum atomic E-state index is 12.6. The van der Waals surface area contributed by atoms with Crippen LogP contribution in [0.5, 0.6) is 0 Å². The number of hydrogen-bond donors (Lipinski definition) is 2. The molecule has 0 aliphatic carbocycles. The second kappa shape index (κ2) is 7.18. The Balaban J connectivity index is 1.83. The summed E-state index contributed by atoms with van der Waals surface area (Å²) in [6, 6.07) is 11.8. The Morgan fingerprint density at radius 1 is 1.32 bits per heavy atom. The number of aromatic amines is 1. The summed E-state index contributed by atoms with van der Waals surface area (Å²) in [5, 5.41) is 9.80. The Bertz CT molecular complexity index is 910. The predicted octanol–water partition coefficient (Wildman–Crippen LogP) is 1.02. The fraction of sp³-hybridized carbons (Fsp3) is 0.235. The summed E-state index contributed by atoms with van der Waals surface area (Å²) in [5.41, 5.74) is 1.34. The average molecular weight is 341 g/mol. The van der Waals surface area contributed by atoms with Crippen molar-refractivity contribution >= 4 is 5.91 Å². The summed E-state index contributed by atoms with van der Waals surface area (Å²) >= 11 is 0. The van der Waals surface area contributed by atoms with E-state index in [9.17, 15) is 9.59 Å². The number of H-pyrrole nitrogens is 1. The first kappa shape index (κ1) is 16.7. The van der Waals surface area contributed by atoms with Gasteiger partial charge in [0.25, 0.3) is 11.5 Å². The summed E-state index contributed by atoms with van der Waals surface area (Å²) in [6.07, 6.45) is 1.65. The maximum absolute atomic E-state index is 12.6. The van der Waals surface area contributed by atoms with Gasteiger partial charge in [-0.25, -0.2) is 4.68 Å². The van der Waals surface area contributed by atoms with Crippen LogP contribution in [0, 0.1) is 0 Å². The predicted molar refractivity (Wildman–Crippen MR) is 91.7 cm³/mol. The van der Waals surface area contributed by atoms with Crippen molar-refractivity contribution in [3.63, 3.8) is 0 Å². The van der Waals surface area contributed by atoms with Gasteiger partial charge >= 0.3 is 0 Å². The van der Waals surface area contributed by atoms with Crippen molar-refractivity contribution in [2.24, 2.45) is 7.05 Å². The largest absolute Gasteiger partial charge is 0.382 e. The summed E-state index contributed by atoms with van der Waals surface area (Å²) in [4.78, 5) is 24.7. The molecule has 3 rings (SSSR count). The van der Waals surface area contributed by atoms with E-state index in [1.807, 2.05) is 24.3 Å². The number of aromatic nitrogens is 4. The third-order valence-electron chi connectivity index (χ3n) is 3.83. The van der Waals surface area contributed by atoms with Crippen LogP contribution in [0.4, 0.5) is 0 Å². The highest BCUT2D eigenvalue weighted by Gasteiger charge is 2.20. The molecule has 2 aromatic heterocycles. The molecule has 0 aliphatic rings. The minimum Gasteiger partial charge on any atom is -0.382 e. The molecule has 2 heterocycles. The van der Waals surface area contributed by atoms with Gasteiger partial charge in [0, 0.05) is 26.4 Å². The molecule has 3 aromatic rings. The first-order valence-electron chi connectivity index (χ1n) is 7.75. The molecule has 0 unspecified atom stereocenters. The summed E-state index contributed by atoms with van der Waals surface area (Å²) in [6.45, 7) is 0.287. The highest BCUT2D eigenvalue weighted by atomic mass is 16.5. The van der Waals surface area contributed by atoms with Gasteiger partial charge in [0.1, 0.15) is 5.69 Å². The molecule has 1 aromatic carbocycles. The third-order valence-corrected chi connectivity index (χ3v) is 3.83. The number of aryl methyl sites for hydroxylation is 1. The minimum atomic E-state index is -0.393. The van der Waals surface area contributed by atoms with Crippen LogP contribution in [-0.4, -0.2) is 39.2 Å². The van der Waals surface area contributed by atoms with Gasteiger partial charge in [-0.05, 0) is 18.2 Å². The highest BCUT2D eigenvalue weighted by molar-refractivity contribution is 5.92. The summed E-state index contributed by atoms with van der Waals surface area (Å²) < 4.78 is 8.18. The van der Waals surface area contributed by atoms with E-state index in [1.54, 1.807) is 37.2 Å².